The van der Waals surface area contributed by atoms with Crippen molar-refractivity contribution in [2.24, 2.45) is 0 Å². The number of hydrogen-bond acceptors (Lipinski definition) is 5. The molecule has 1 saturated heterocycles. The van der Waals surface area contributed by atoms with Crippen LogP contribution >= 0.6 is 11.6 Å². The molecule has 0 unspecified atom stereocenters. The Balaban J connectivity index is 1.48. The normalized spacial score (nSPS) is 15.8. The Kier molecular flexibility index (Phi) is 6.24. The van der Waals surface area contributed by atoms with Crippen LogP contribution in [0, 0.1) is 0 Å². The lowest BCUT2D eigenvalue weighted by molar-refractivity contribution is 0.0162. The van der Waals surface area contributed by atoms with Gasteiger partial charge in [-0.3, -0.25) is 9.69 Å². The molecule has 1 aliphatic heterocycles. The fourth-order valence-electron chi connectivity index (χ4n) is 3.47. The molecule has 1 N–H and O–H groups in total. The van der Waals surface area contributed by atoms with Crippen molar-refractivity contribution < 1.29 is 14.1 Å². The second-order valence-electron chi connectivity index (χ2n) is 6.84. The number of amides is 1. The van der Waals surface area contributed by atoms with Gasteiger partial charge in [0, 0.05) is 36.3 Å². The number of morpholine rings is 1. The van der Waals surface area contributed by atoms with E-state index in [1.54, 1.807) is 6.07 Å². The maximum atomic E-state index is 12.7. The minimum atomic E-state index is -0.277. The van der Waals surface area contributed by atoms with Gasteiger partial charge in [0.15, 0.2) is 11.5 Å². The minimum Gasteiger partial charge on any atom is -0.379 e. The molecular weight excluding hydrogens is 390 g/mol. The van der Waals surface area contributed by atoms with E-state index in [0.29, 0.717) is 30.5 Å². The van der Waals surface area contributed by atoms with Crippen LogP contribution in [0.1, 0.15) is 22.1 Å². The number of nitrogens with one attached hydrogen (secondary N) is 1. The highest BCUT2D eigenvalue weighted by Gasteiger charge is 2.25. The van der Waals surface area contributed by atoms with Crippen LogP contribution in [0.3, 0.4) is 0 Å². The summed E-state index contributed by atoms with van der Waals surface area (Å²) in [6.45, 7) is 3.31. The van der Waals surface area contributed by atoms with Crippen molar-refractivity contribution in [3.05, 3.63) is 76.9 Å². The van der Waals surface area contributed by atoms with E-state index in [0.717, 1.165) is 24.2 Å². The van der Waals surface area contributed by atoms with Gasteiger partial charge in [0.2, 0.25) is 0 Å². The molecule has 0 spiro atoms. The number of carbonyl (C=O) groups excluding carboxylic acids is 1. The molecule has 1 aliphatic rings. The van der Waals surface area contributed by atoms with Crippen molar-refractivity contribution in [3.8, 4) is 11.3 Å². The molecule has 0 bridgehead atoms. The fourth-order valence-corrected chi connectivity index (χ4v) is 3.73. The zero-order chi connectivity index (χ0) is 20.1. The molecule has 6 nitrogen and oxygen atoms in total. The van der Waals surface area contributed by atoms with Gasteiger partial charge in [-0.15, -0.1) is 0 Å². The number of hydrogen-bond donors (Lipinski definition) is 1. The lowest BCUT2D eigenvalue weighted by atomic mass is 10.0. The number of benzene rings is 2. The Hall–Kier alpha value is -2.67. The van der Waals surface area contributed by atoms with Crippen molar-refractivity contribution in [3.63, 3.8) is 0 Å². The van der Waals surface area contributed by atoms with Crippen molar-refractivity contribution in [2.75, 3.05) is 32.8 Å². The van der Waals surface area contributed by atoms with Gasteiger partial charge >= 0.3 is 0 Å². The van der Waals surface area contributed by atoms with Gasteiger partial charge < -0.3 is 14.6 Å². The van der Waals surface area contributed by atoms with Crippen LogP contribution < -0.4 is 5.32 Å². The molecule has 3 aromatic rings. The summed E-state index contributed by atoms with van der Waals surface area (Å²) in [5.74, 6) is 0.285. The van der Waals surface area contributed by atoms with Crippen molar-refractivity contribution in [2.45, 2.75) is 6.04 Å². The summed E-state index contributed by atoms with van der Waals surface area (Å²) in [6.07, 6.45) is 0. The third kappa shape index (κ3) is 4.67. The van der Waals surface area contributed by atoms with Crippen molar-refractivity contribution >= 4 is 17.5 Å². The van der Waals surface area contributed by atoms with E-state index in [-0.39, 0.29) is 17.6 Å². The number of carbonyl (C=O) groups is 1. The van der Waals surface area contributed by atoms with Gasteiger partial charge in [0.25, 0.3) is 5.91 Å². The van der Waals surface area contributed by atoms with Gasteiger partial charge in [0.05, 0.1) is 19.3 Å². The Morgan fingerprint density at radius 2 is 1.83 bits per heavy atom. The average molecular weight is 412 g/mol. The van der Waals surface area contributed by atoms with E-state index in [1.165, 1.54) is 0 Å². The van der Waals surface area contributed by atoms with Crippen LogP contribution in [0.2, 0.25) is 5.02 Å². The predicted octanol–water partition coefficient (Wildman–Crippen LogP) is 3.80. The predicted molar refractivity (Wildman–Crippen MR) is 111 cm³/mol. The van der Waals surface area contributed by atoms with E-state index in [2.05, 4.69) is 15.4 Å². The third-order valence-electron chi connectivity index (χ3n) is 5.01. The first kappa shape index (κ1) is 19.6. The molecule has 1 fully saturated rings. The lowest BCUT2D eigenvalue weighted by Crippen LogP contribution is -2.44. The van der Waals surface area contributed by atoms with Gasteiger partial charge in [-0.25, -0.2) is 0 Å². The van der Waals surface area contributed by atoms with E-state index in [1.807, 2.05) is 54.6 Å². The zero-order valence-electron chi connectivity index (χ0n) is 15.9. The lowest BCUT2D eigenvalue weighted by Gasteiger charge is -2.35. The second kappa shape index (κ2) is 9.22. The minimum absolute atomic E-state index is 0.0444. The van der Waals surface area contributed by atoms with Crippen LogP contribution in [0.4, 0.5) is 0 Å². The standard InChI is InChI=1S/C22H22ClN3O3/c23-18-9-5-4-8-17(18)20(26-10-12-28-13-11-26)15-24-22(27)19-14-21(29-25-19)16-6-2-1-3-7-16/h1-9,14,20H,10-13,15H2,(H,24,27)/t20-/m0/s1. The van der Waals surface area contributed by atoms with Gasteiger partial charge in [-0.2, -0.15) is 0 Å². The number of aromatic nitrogens is 1. The van der Waals surface area contributed by atoms with Crippen molar-refractivity contribution in [1.29, 1.82) is 0 Å². The van der Waals surface area contributed by atoms with Gasteiger partial charge in [-0.05, 0) is 11.6 Å². The first-order valence-corrected chi connectivity index (χ1v) is 9.97. The van der Waals surface area contributed by atoms with Gasteiger partial charge in [0.1, 0.15) is 0 Å². The second-order valence-corrected chi connectivity index (χ2v) is 7.25. The topological polar surface area (TPSA) is 67.6 Å². The number of halogens is 1. The molecule has 7 heteroatoms. The van der Waals surface area contributed by atoms with Crippen molar-refractivity contribution in [1.82, 2.24) is 15.4 Å². The van der Waals surface area contributed by atoms with Crippen LogP contribution in [-0.4, -0.2) is 48.8 Å². The monoisotopic (exact) mass is 411 g/mol. The van der Waals surface area contributed by atoms with E-state index in [9.17, 15) is 4.79 Å². The molecule has 150 valence electrons. The largest absolute Gasteiger partial charge is 0.379 e. The summed E-state index contributed by atoms with van der Waals surface area (Å²) < 4.78 is 10.8. The number of nitrogens with zero attached hydrogens (tertiary/aromatic N) is 2. The van der Waals surface area contributed by atoms with Crippen LogP contribution in [0.5, 0.6) is 0 Å². The molecule has 1 aromatic heterocycles. The SMILES string of the molecule is O=C(NC[C@@H](c1ccccc1Cl)N1CCOCC1)c1cc(-c2ccccc2)on1. The summed E-state index contributed by atoms with van der Waals surface area (Å²) in [5, 5.41) is 7.60. The highest BCUT2D eigenvalue weighted by atomic mass is 35.5. The van der Waals surface area contributed by atoms with Crippen LogP contribution in [0.25, 0.3) is 11.3 Å². The maximum Gasteiger partial charge on any atom is 0.273 e. The molecule has 0 saturated carbocycles. The first-order valence-electron chi connectivity index (χ1n) is 9.59. The summed E-state index contributed by atoms with van der Waals surface area (Å²) >= 11 is 6.44. The Bertz CT molecular complexity index is 955. The zero-order valence-corrected chi connectivity index (χ0v) is 16.6. The van der Waals surface area contributed by atoms with Crippen LogP contribution in [0.15, 0.2) is 65.2 Å². The molecule has 0 radical (unpaired) electrons. The molecule has 1 amide bonds. The molecule has 2 heterocycles. The summed E-state index contributed by atoms with van der Waals surface area (Å²) in [4.78, 5) is 15.0. The molecule has 2 aromatic carbocycles. The van der Waals surface area contributed by atoms with Crippen LogP contribution in [-0.2, 0) is 4.74 Å². The molecule has 0 aliphatic carbocycles. The Morgan fingerprint density at radius 1 is 1.10 bits per heavy atom. The van der Waals surface area contributed by atoms with Gasteiger partial charge in [-0.1, -0.05) is 65.3 Å². The summed E-state index contributed by atoms with van der Waals surface area (Å²) in [7, 11) is 0. The van der Waals surface area contributed by atoms with E-state index < -0.39 is 0 Å². The van der Waals surface area contributed by atoms with E-state index >= 15 is 0 Å². The fraction of sp³-hybridized carbons (Fsp3) is 0.273. The molecular formula is C22H22ClN3O3. The summed E-state index contributed by atoms with van der Waals surface area (Å²) in [6, 6.07) is 18.9. The Morgan fingerprint density at radius 3 is 2.59 bits per heavy atom. The average Bonchev–Trinajstić information content (AvgIpc) is 3.27. The first-order chi connectivity index (χ1) is 14.2. The maximum absolute atomic E-state index is 12.7. The highest BCUT2D eigenvalue weighted by Crippen LogP contribution is 2.28. The third-order valence-corrected chi connectivity index (χ3v) is 5.35. The van der Waals surface area contributed by atoms with E-state index in [4.69, 9.17) is 20.9 Å². The Labute approximate surface area is 174 Å². The highest BCUT2D eigenvalue weighted by molar-refractivity contribution is 6.31. The molecule has 1 atom stereocenters. The number of ether oxygens (including phenoxy) is 1. The smallest absolute Gasteiger partial charge is 0.273 e. The summed E-state index contributed by atoms with van der Waals surface area (Å²) in [5.41, 5.74) is 2.12. The molecule has 4 rings (SSSR count). The molecule has 29 heavy (non-hydrogen) atoms. The quantitative estimate of drug-likeness (QED) is 0.668. The number of rotatable bonds is 6.